The van der Waals surface area contributed by atoms with E-state index in [9.17, 15) is 9.90 Å². The number of benzene rings is 2. The third-order valence-electron chi connectivity index (χ3n) is 5.08. The van der Waals surface area contributed by atoms with Crippen molar-refractivity contribution in [2.24, 2.45) is 5.92 Å². The molecule has 4 rings (SSSR count). The minimum atomic E-state index is -0.385. The Morgan fingerprint density at radius 1 is 1.19 bits per heavy atom. The predicted octanol–water partition coefficient (Wildman–Crippen LogP) is 3.31. The normalized spacial score (nSPS) is 18.3. The maximum absolute atomic E-state index is 11.6. The molecular formula is C21H24N2O4. The van der Waals surface area contributed by atoms with Gasteiger partial charge in [0.1, 0.15) is 17.1 Å². The number of anilines is 3. The van der Waals surface area contributed by atoms with Crippen LogP contribution < -0.4 is 14.5 Å². The molecule has 0 spiro atoms. The van der Waals surface area contributed by atoms with E-state index in [4.69, 9.17) is 9.47 Å². The summed E-state index contributed by atoms with van der Waals surface area (Å²) < 4.78 is 10.9. The van der Waals surface area contributed by atoms with Gasteiger partial charge in [0.25, 0.3) is 0 Å². The molecule has 0 unspecified atom stereocenters. The second-order valence-corrected chi connectivity index (χ2v) is 7.74. The zero-order valence-electron chi connectivity index (χ0n) is 15.8. The Bertz CT molecular complexity index is 874. The topological polar surface area (TPSA) is 62.2 Å². The van der Waals surface area contributed by atoms with E-state index in [1.165, 1.54) is 7.11 Å². The molecule has 2 aromatic carbocycles. The van der Waals surface area contributed by atoms with Gasteiger partial charge in [0.05, 0.1) is 25.3 Å². The van der Waals surface area contributed by atoms with Crippen LogP contribution in [0.4, 0.5) is 17.1 Å². The first-order valence-electron chi connectivity index (χ1n) is 9.09. The second kappa shape index (κ2) is 6.37. The lowest BCUT2D eigenvalue weighted by molar-refractivity contribution is -0.146. The molecule has 142 valence electrons. The van der Waals surface area contributed by atoms with E-state index in [2.05, 4.69) is 28.0 Å². The summed E-state index contributed by atoms with van der Waals surface area (Å²) in [7, 11) is 1.43. The molecule has 0 saturated carbocycles. The first kappa shape index (κ1) is 17.5. The largest absolute Gasteiger partial charge is 0.508 e. The van der Waals surface area contributed by atoms with E-state index >= 15 is 0 Å². The van der Waals surface area contributed by atoms with Crippen LogP contribution in [0.25, 0.3) is 0 Å². The van der Waals surface area contributed by atoms with Crippen LogP contribution in [0, 0.1) is 5.92 Å². The van der Waals surface area contributed by atoms with Gasteiger partial charge in [-0.15, -0.1) is 0 Å². The zero-order chi connectivity index (χ0) is 19.2. The van der Waals surface area contributed by atoms with Crippen molar-refractivity contribution in [3.05, 3.63) is 42.5 Å². The van der Waals surface area contributed by atoms with Crippen LogP contribution in [0.2, 0.25) is 0 Å². The van der Waals surface area contributed by atoms with Crippen LogP contribution in [-0.2, 0) is 9.53 Å². The van der Waals surface area contributed by atoms with E-state index in [1.807, 2.05) is 26.0 Å². The van der Waals surface area contributed by atoms with Crippen LogP contribution in [0.5, 0.6) is 11.5 Å². The van der Waals surface area contributed by atoms with Gasteiger partial charge >= 0.3 is 5.97 Å². The predicted molar refractivity (Wildman–Crippen MR) is 104 cm³/mol. The molecule has 6 heteroatoms. The molecule has 0 radical (unpaired) electrons. The number of phenolic OH excluding ortho intramolecular Hbond substituents is 1. The summed E-state index contributed by atoms with van der Waals surface area (Å²) in [5.74, 6) is 0.664. The Morgan fingerprint density at radius 2 is 1.93 bits per heavy atom. The highest BCUT2D eigenvalue weighted by molar-refractivity contribution is 5.78. The van der Waals surface area contributed by atoms with Crippen LogP contribution in [0.15, 0.2) is 42.5 Å². The number of ether oxygens (including phenoxy) is 2. The summed E-state index contributed by atoms with van der Waals surface area (Å²) in [4.78, 5) is 16.0. The molecule has 2 aliphatic heterocycles. The standard InChI is InChI=1S/C21H24N2O4/c1-21(2)13-23(18-8-7-17(24)10-19(18)27-21)16-6-4-5-15(9-16)22-11-14(12-22)20(25)26-3/h4-10,14,24H,11-13H2,1-3H3. The van der Waals surface area contributed by atoms with Crippen molar-refractivity contribution in [1.29, 1.82) is 0 Å². The van der Waals surface area contributed by atoms with Gasteiger partial charge < -0.3 is 24.4 Å². The maximum Gasteiger partial charge on any atom is 0.312 e. The minimum Gasteiger partial charge on any atom is -0.508 e. The number of hydrogen-bond donors (Lipinski definition) is 1. The molecule has 1 saturated heterocycles. The van der Waals surface area contributed by atoms with Gasteiger partial charge in [0.2, 0.25) is 0 Å². The third-order valence-corrected chi connectivity index (χ3v) is 5.08. The maximum atomic E-state index is 11.6. The van der Waals surface area contributed by atoms with Crippen molar-refractivity contribution in [2.75, 3.05) is 36.5 Å². The van der Waals surface area contributed by atoms with Crippen molar-refractivity contribution in [2.45, 2.75) is 19.4 Å². The number of methoxy groups -OCH3 is 1. The Balaban J connectivity index is 1.62. The number of rotatable bonds is 3. The van der Waals surface area contributed by atoms with Crippen molar-refractivity contribution >= 4 is 23.0 Å². The number of hydrogen-bond acceptors (Lipinski definition) is 6. The monoisotopic (exact) mass is 368 g/mol. The van der Waals surface area contributed by atoms with E-state index in [0.717, 1.165) is 17.1 Å². The molecule has 2 aliphatic rings. The molecule has 2 heterocycles. The summed E-state index contributed by atoms with van der Waals surface area (Å²) in [6.07, 6.45) is 0. The highest BCUT2D eigenvalue weighted by Gasteiger charge is 2.35. The number of carbonyl (C=O) groups excluding carboxylic acids is 1. The Hall–Kier alpha value is -2.89. The van der Waals surface area contributed by atoms with Crippen molar-refractivity contribution < 1.29 is 19.4 Å². The Labute approximate surface area is 158 Å². The molecule has 2 aromatic rings. The number of phenols is 1. The second-order valence-electron chi connectivity index (χ2n) is 7.74. The molecule has 1 N–H and O–H groups in total. The summed E-state index contributed by atoms with van der Waals surface area (Å²) in [5.41, 5.74) is 2.68. The number of esters is 1. The molecule has 1 fully saturated rings. The molecule has 0 amide bonds. The van der Waals surface area contributed by atoms with Crippen LogP contribution in [-0.4, -0.2) is 43.4 Å². The lowest BCUT2D eigenvalue weighted by Gasteiger charge is -2.42. The molecule has 0 aromatic heterocycles. The first-order chi connectivity index (χ1) is 12.9. The first-order valence-corrected chi connectivity index (χ1v) is 9.09. The lowest BCUT2D eigenvalue weighted by atomic mass is 9.99. The molecule has 0 atom stereocenters. The van der Waals surface area contributed by atoms with Crippen molar-refractivity contribution in [3.63, 3.8) is 0 Å². The van der Waals surface area contributed by atoms with Gasteiger partial charge in [0.15, 0.2) is 0 Å². The molecule has 0 bridgehead atoms. The highest BCUT2D eigenvalue weighted by atomic mass is 16.5. The van der Waals surface area contributed by atoms with E-state index < -0.39 is 0 Å². The van der Waals surface area contributed by atoms with E-state index in [0.29, 0.717) is 25.4 Å². The number of nitrogens with zero attached hydrogens (tertiary/aromatic N) is 2. The number of carbonyl (C=O) groups is 1. The fourth-order valence-electron chi connectivity index (χ4n) is 3.70. The van der Waals surface area contributed by atoms with Gasteiger partial charge in [-0.1, -0.05) is 6.07 Å². The SMILES string of the molecule is COC(=O)C1CN(c2cccc(N3CC(C)(C)Oc4cc(O)ccc43)c2)C1. The summed E-state index contributed by atoms with van der Waals surface area (Å²) in [6.45, 7) is 6.11. The van der Waals surface area contributed by atoms with Crippen LogP contribution in [0.1, 0.15) is 13.8 Å². The molecule has 6 nitrogen and oxygen atoms in total. The van der Waals surface area contributed by atoms with Crippen LogP contribution >= 0.6 is 0 Å². The number of fused-ring (bicyclic) bond motifs is 1. The molecule has 27 heavy (non-hydrogen) atoms. The van der Waals surface area contributed by atoms with Gasteiger partial charge in [-0.05, 0) is 44.2 Å². The third kappa shape index (κ3) is 3.27. The minimum absolute atomic E-state index is 0.0512. The summed E-state index contributed by atoms with van der Waals surface area (Å²) in [5, 5.41) is 9.82. The summed E-state index contributed by atoms with van der Waals surface area (Å²) in [6, 6.07) is 13.5. The van der Waals surface area contributed by atoms with Crippen LogP contribution in [0.3, 0.4) is 0 Å². The van der Waals surface area contributed by atoms with E-state index in [-0.39, 0.29) is 23.2 Å². The summed E-state index contributed by atoms with van der Waals surface area (Å²) >= 11 is 0. The van der Waals surface area contributed by atoms with Gasteiger partial charge in [0, 0.05) is 30.5 Å². The van der Waals surface area contributed by atoms with E-state index in [1.54, 1.807) is 12.1 Å². The Kier molecular flexibility index (Phi) is 4.13. The molecule has 0 aliphatic carbocycles. The average molecular weight is 368 g/mol. The van der Waals surface area contributed by atoms with Gasteiger partial charge in [-0.3, -0.25) is 4.79 Å². The van der Waals surface area contributed by atoms with Gasteiger partial charge in [-0.2, -0.15) is 0 Å². The van der Waals surface area contributed by atoms with Crippen molar-refractivity contribution in [3.8, 4) is 11.5 Å². The van der Waals surface area contributed by atoms with Gasteiger partial charge in [-0.25, -0.2) is 0 Å². The zero-order valence-corrected chi connectivity index (χ0v) is 15.8. The Morgan fingerprint density at radius 3 is 2.67 bits per heavy atom. The smallest absolute Gasteiger partial charge is 0.312 e. The fourth-order valence-corrected chi connectivity index (χ4v) is 3.70. The quantitative estimate of drug-likeness (QED) is 0.839. The number of aromatic hydroxyl groups is 1. The lowest BCUT2D eigenvalue weighted by Crippen LogP contribution is -2.51. The molecular weight excluding hydrogens is 344 g/mol. The highest BCUT2D eigenvalue weighted by Crippen LogP contribution is 2.43. The fraction of sp³-hybridized carbons (Fsp3) is 0.381. The van der Waals surface area contributed by atoms with Crippen molar-refractivity contribution in [1.82, 2.24) is 0 Å². The average Bonchev–Trinajstić information content (AvgIpc) is 2.58.